The average molecular weight is 215 g/mol. The van der Waals surface area contributed by atoms with Gasteiger partial charge in [-0.3, -0.25) is 4.79 Å². The fourth-order valence-corrected chi connectivity index (χ4v) is 1.47. The molecule has 0 aliphatic rings. The number of nitrogens with two attached hydrogens (primary N) is 1. The van der Waals surface area contributed by atoms with Crippen molar-refractivity contribution in [3.63, 3.8) is 0 Å². The van der Waals surface area contributed by atoms with Gasteiger partial charge >= 0.3 is 0 Å². The number of rotatable bonds is 5. The number of hydrogen-bond acceptors (Lipinski definition) is 5. The number of thiazole rings is 1. The van der Waals surface area contributed by atoms with Crippen molar-refractivity contribution in [2.75, 3.05) is 19.0 Å². The highest BCUT2D eigenvalue weighted by Gasteiger charge is 2.11. The third kappa shape index (κ3) is 3.41. The SMILES string of the molecule is COC(CN)CC(=O)Nc1nccs1. The van der Waals surface area contributed by atoms with Gasteiger partial charge in [0.1, 0.15) is 0 Å². The Kier molecular flexibility index (Phi) is 4.51. The zero-order valence-electron chi connectivity index (χ0n) is 7.90. The molecule has 0 saturated heterocycles. The Hall–Kier alpha value is -0.980. The number of anilines is 1. The molecule has 0 bridgehead atoms. The predicted molar refractivity (Wildman–Crippen MR) is 55.2 cm³/mol. The second kappa shape index (κ2) is 5.69. The number of methoxy groups -OCH3 is 1. The number of carbonyl (C=O) groups is 1. The van der Waals surface area contributed by atoms with Crippen LogP contribution in [-0.2, 0) is 9.53 Å². The van der Waals surface area contributed by atoms with E-state index in [0.717, 1.165) is 0 Å². The van der Waals surface area contributed by atoms with E-state index in [1.807, 2.05) is 0 Å². The number of nitrogens with one attached hydrogen (secondary N) is 1. The Morgan fingerprint density at radius 1 is 1.86 bits per heavy atom. The lowest BCUT2D eigenvalue weighted by molar-refractivity contribution is -0.118. The summed E-state index contributed by atoms with van der Waals surface area (Å²) in [5.74, 6) is -0.128. The fraction of sp³-hybridized carbons (Fsp3) is 0.500. The summed E-state index contributed by atoms with van der Waals surface area (Å²) in [6, 6.07) is 0. The molecule has 0 spiro atoms. The summed E-state index contributed by atoms with van der Waals surface area (Å²) < 4.78 is 4.99. The Morgan fingerprint density at radius 3 is 3.14 bits per heavy atom. The van der Waals surface area contributed by atoms with Gasteiger partial charge in [0.2, 0.25) is 5.91 Å². The molecule has 0 aliphatic heterocycles. The van der Waals surface area contributed by atoms with Crippen LogP contribution in [0.5, 0.6) is 0 Å². The number of ether oxygens (including phenoxy) is 1. The highest BCUT2D eigenvalue weighted by Crippen LogP contribution is 2.10. The first-order valence-corrected chi connectivity index (χ1v) is 5.06. The summed E-state index contributed by atoms with van der Waals surface area (Å²) in [5.41, 5.74) is 5.39. The van der Waals surface area contributed by atoms with Crippen LogP contribution >= 0.6 is 11.3 Å². The molecule has 0 aliphatic carbocycles. The summed E-state index contributed by atoms with van der Waals surface area (Å²) in [6.07, 6.45) is 1.67. The maximum absolute atomic E-state index is 11.4. The molecule has 5 nitrogen and oxygen atoms in total. The molecule has 1 unspecified atom stereocenters. The predicted octanol–water partition coefficient (Wildman–Crippen LogP) is 0.445. The minimum atomic E-state index is -0.227. The van der Waals surface area contributed by atoms with E-state index in [1.54, 1.807) is 11.6 Å². The van der Waals surface area contributed by atoms with Gasteiger partial charge in [-0.05, 0) is 0 Å². The van der Waals surface area contributed by atoms with Crippen LogP contribution < -0.4 is 11.1 Å². The third-order valence-corrected chi connectivity index (χ3v) is 2.38. The summed E-state index contributed by atoms with van der Waals surface area (Å²) >= 11 is 1.38. The quantitative estimate of drug-likeness (QED) is 0.747. The normalized spacial score (nSPS) is 12.4. The fourth-order valence-electron chi connectivity index (χ4n) is 0.925. The molecule has 0 fully saturated rings. The van der Waals surface area contributed by atoms with E-state index in [1.165, 1.54) is 18.4 Å². The van der Waals surface area contributed by atoms with Gasteiger partial charge in [0.15, 0.2) is 5.13 Å². The molecule has 1 rings (SSSR count). The number of nitrogens with zero attached hydrogens (tertiary/aromatic N) is 1. The third-order valence-electron chi connectivity index (χ3n) is 1.69. The second-order valence-corrected chi connectivity index (χ2v) is 3.58. The second-order valence-electron chi connectivity index (χ2n) is 2.68. The maximum atomic E-state index is 11.4. The van der Waals surface area contributed by atoms with E-state index in [0.29, 0.717) is 11.7 Å². The minimum Gasteiger partial charge on any atom is -0.380 e. The van der Waals surface area contributed by atoms with Gasteiger partial charge in [0.05, 0.1) is 12.5 Å². The van der Waals surface area contributed by atoms with Gasteiger partial charge in [-0.1, -0.05) is 0 Å². The maximum Gasteiger partial charge on any atom is 0.228 e. The van der Waals surface area contributed by atoms with E-state index in [4.69, 9.17) is 10.5 Å². The van der Waals surface area contributed by atoms with Crippen molar-refractivity contribution in [2.24, 2.45) is 5.73 Å². The molecule has 78 valence electrons. The zero-order valence-corrected chi connectivity index (χ0v) is 8.71. The molecule has 0 saturated carbocycles. The van der Waals surface area contributed by atoms with Crippen LogP contribution in [0.15, 0.2) is 11.6 Å². The molecule has 1 aromatic rings. The Morgan fingerprint density at radius 2 is 2.64 bits per heavy atom. The highest BCUT2D eigenvalue weighted by molar-refractivity contribution is 7.13. The van der Waals surface area contributed by atoms with Crippen LogP contribution in [0.1, 0.15) is 6.42 Å². The van der Waals surface area contributed by atoms with E-state index in [9.17, 15) is 4.79 Å². The van der Waals surface area contributed by atoms with Gasteiger partial charge in [-0.25, -0.2) is 4.98 Å². The van der Waals surface area contributed by atoms with Crippen LogP contribution in [0.25, 0.3) is 0 Å². The van der Waals surface area contributed by atoms with Crippen LogP contribution in [-0.4, -0.2) is 30.6 Å². The number of amides is 1. The van der Waals surface area contributed by atoms with Gasteiger partial charge in [-0.2, -0.15) is 0 Å². The molecule has 6 heteroatoms. The van der Waals surface area contributed by atoms with Crippen molar-refractivity contribution in [3.05, 3.63) is 11.6 Å². The molecule has 1 amide bonds. The summed E-state index contributed by atoms with van der Waals surface area (Å²) in [7, 11) is 1.54. The van der Waals surface area contributed by atoms with Crippen molar-refractivity contribution in [1.29, 1.82) is 0 Å². The molecule has 14 heavy (non-hydrogen) atoms. The Bertz CT molecular complexity index is 272. The van der Waals surface area contributed by atoms with Crippen molar-refractivity contribution >= 4 is 22.4 Å². The van der Waals surface area contributed by atoms with Crippen LogP contribution in [0, 0.1) is 0 Å². The van der Waals surface area contributed by atoms with Crippen LogP contribution in [0.2, 0.25) is 0 Å². The van der Waals surface area contributed by atoms with Crippen molar-refractivity contribution in [1.82, 2.24) is 4.98 Å². The summed E-state index contributed by atoms with van der Waals surface area (Å²) in [6.45, 7) is 0.335. The smallest absolute Gasteiger partial charge is 0.228 e. The summed E-state index contributed by atoms with van der Waals surface area (Å²) in [5, 5.41) is 5.05. The zero-order chi connectivity index (χ0) is 10.4. The lowest BCUT2D eigenvalue weighted by atomic mass is 10.2. The topological polar surface area (TPSA) is 77.2 Å². The van der Waals surface area contributed by atoms with E-state index < -0.39 is 0 Å². The molecule has 1 heterocycles. The first-order valence-electron chi connectivity index (χ1n) is 4.18. The van der Waals surface area contributed by atoms with Crippen LogP contribution in [0.3, 0.4) is 0 Å². The molecule has 0 aromatic carbocycles. The van der Waals surface area contributed by atoms with Crippen molar-refractivity contribution in [2.45, 2.75) is 12.5 Å². The lowest BCUT2D eigenvalue weighted by Gasteiger charge is -2.11. The van der Waals surface area contributed by atoms with Gasteiger partial charge in [0.25, 0.3) is 0 Å². The molecular weight excluding hydrogens is 202 g/mol. The van der Waals surface area contributed by atoms with Gasteiger partial charge in [0, 0.05) is 25.2 Å². The van der Waals surface area contributed by atoms with E-state index in [-0.39, 0.29) is 18.4 Å². The first kappa shape index (κ1) is 11.1. The lowest BCUT2D eigenvalue weighted by Crippen LogP contribution is -2.28. The largest absolute Gasteiger partial charge is 0.380 e. The van der Waals surface area contributed by atoms with E-state index >= 15 is 0 Å². The Labute approximate surface area is 86.3 Å². The first-order chi connectivity index (χ1) is 6.76. The number of hydrogen-bond donors (Lipinski definition) is 2. The number of aromatic nitrogens is 1. The van der Waals surface area contributed by atoms with Crippen LogP contribution in [0.4, 0.5) is 5.13 Å². The van der Waals surface area contributed by atoms with Crippen molar-refractivity contribution < 1.29 is 9.53 Å². The standard InChI is InChI=1S/C8H13N3O2S/c1-13-6(5-9)4-7(12)11-8-10-2-3-14-8/h2-3,6H,4-5,9H2,1H3,(H,10,11,12). The van der Waals surface area contributed by atoms with E-state index in [2.05, 4.69) is 10.3 Å². The molecule has 3 N–H and O–H groups in total. The Balaban J connectivity index is 2.35. The highest BCUT2D eigenvalue weighted by atomic mass is 32.1. The molecule has 0 radical (unpaired) electrons. The monoisotopic (exact) mass is 215 g/mol. The summed E-state index contributed by atoms with van der Waals surface area (Å²) in [4.78, 5) is 15.3. The van der Waals surface area contributed by atoms with Gasteiger partial charge < -0.3 is 15.8 Å². The molecular formula is C8H13N3O2S. The molecule has 1 aromatic heterocycles. The van der Waals surface area contributed by atoms with Crippen molar-refractivity contribution in [3.8, 4) is 0 Å². The minimum absolute atomic E-state index is 0.128. The average Bonchev–Trinajstić information content (AvgIpc) is 2.66. The number of carbonyl (C=O) groups excluding carboxylic acids is 1. The van der Waals surface area contributed by atoms with Gasteiger partial charge in [-0.15, -0.1) is 11.3 Å². The molecule has 1 atom stereocenters.